The van der Waals surface area contributed by atoms with E-state index in [4.69, 9.17) is 5.11 Å². The fraction of sp³-hybridized carbons (Fsp3) is 0. The molecule has 0 saturated carbocycles. The summed E-state index contributed by atoms with van der Waals surface area (Å²) in [6.07, 6.45) is 0. The molecular formula is C39H20F2O2. The van der Waals surface area contributed by atoms with Crippen LogP contribution in [0.3, 0.4) is 0 Å². The molecule has 0 aliphatic heterocycles. The lowest BCUT2D eigenvalue weighted by atomic mass is 10.1. The van der Waals surface area contributed by atoms with Crippen molar-refractivity contribution in [1.82, 2.24) is 0 Å². The van der Waals surface area contributed by atoms with Gasteiger partial charge in [-0.1, -0.05) is 65.6 Å². The average molecular weight is 559 g/mol. The monoisotopic (exact) mass is 558 g/mol. The minimum atomic E-state index is -1.01. The number of hydrogen-bond donors (Lipinski definition) is 1. The molecule has 5 aromatic rings. The van der Waals surface area contributed by atoms with Crippen LogP contribution in [0.15, 0.2) is 115 Å². The molecule has 202 valence electrons. The largest absolute Gasteiger partial charge is 0.478 e. The molecule has 43 heavy (non-hydrogen) atoms. The van der Waals surface area contributed by atoms with E-state index in [2.05, 4.69) is 47.4 Å². The topological polar surface area (TPSA) is 37.3 Å². The van der Waals surface area contributed by atoms with Gasteiger partial charge in [0.1, 0.15) is 11.6 Å². The van der Waals surface area contributed by atoms with Gasteiger partial charge in [-0.05, 0) is 97.1 Å². The highest BCUT2D eigenvalue weighted by Crippen LogP contribution is 2.12. The van der Waals surface area contributed by atoms with Gasteiger partial charge < -0.3 is 5.11 Å². The Morgan fingerprint density at radius 2 is 0.791 bits per heavy atom. The molecule has 5 rings (SSSR count). The predicted octanol–water partition coefficient (Wildman–Crippen LogP) is 7.26. The number of hydrogen-bond acceptors (Lipinski definition) is 1. The number of carbonyl (C=O) groups is 1. The summed E-state index contributed by atoms with van der Waals surface area (Å²) in [5.74, 6) is 21.4. The lowest BCUT2D eigenvalue weighted by Crippen LogP contribution is -1.94. The molecule has 1 N–H and O–H groups in total. The van der Waals surface area contributed by atoms with E-state index < -0.39 is 17.6 Å². The molecule has 2 nitrogen and oxygen atoms in total. The first-order valence-corrected chi connectivity index (χ1v) is 13.1. The Labute approximate surface area is 248 Å². The average Bonchev–Trinajstić information content (AvgIpc) is 3.03. The van der Waals surface area contributed by atoms with Crippen molar-refractivity contribution >= 4 is 5.97 Å². The Hall–Kier alpha value is -6.33. The first-order chi connectivity index (χ1) is 20.9. The van der Waals surface area contributed by atoms with Crippen molar-refractivity contribution in [3.8, 4) is 47.4 Å². The lowest BCUT2D eigenvalue weighted by molar-refractivity contribution is 0.0697. The smallest absolute Gasteiger partial charge is 0.335 e. The number of halogens is 2. The zero-order valence-electron chi connectivity index (χ0n) is 22.6. The van der Waals surface area contributed by atoms with E-state index in [1.807, 2.05) is 30.3 Å². The third-order valence-electron chi connectivity index (χ3n) is 6.11. The summed E-state index contributed by atoms with van der Waals surface area (Å²) >= 11 is 0. The molecule has 0 atom stereocenters. The van der Waals surface area contributed by atoms with E-state index in [1.54, 1.807) is 60.7 Å². The van der Waals surface area contributed by atoms with Gasteiger partial charge >= 0.3 is 5.97 Å². The van der Waals surface area contributed by atoms with Gasteiger partial charge in [0, 0.05) is 33.4 Å². The summed E-state index contributed by atoms with van der Waals surface area (Å²) in [5, 5.41) is 8.97. The molecule has 0 spiro atoms. The molecular weight excluding hydrogens is 538 g/mol. The Morgan fingerprint density at radius 1 is 0.442 bits per heavy atom. The van der Waals surface area contributed by atoms with Crippen LogP contribution in [-0.4, -0.2) is 11.1 Å². The van der Waals surface area contributed by atoms with Gasteiger partial charge in [0.25, 0.3) is 0 Å². The van der Waals surface area contributed by atoms with Gasteiger partial charge in [-0.2, -0.15) is 0 Å². The van der Waals surface area contributed by atoms with Gasteiger partial charge in [0.15, 0.2) is 0 Å². The van der Waals surface area contributed by atoms with Gasteiger partial charge in [-0.3, -0.25) is 0 Å². The van der Waals surface area contributed by atoms with Gasteiger partial charge in [0.05, 0.1) is 16.7 Å². The Kier molecular flexibility index (Phi) is 8.76. The highest BCUT2D eigenvalue weighted by molar-refractivity contribution is 5.87. The summed E-state index contributed by atoms with van der Waals surface area (Å²) in [6, 6.07) is 32.0. The first kappa shape index (κ1) is 28.2. The minimum absolute atomic E-state index is 0.172. The molecule has 0 fully saturated rings. The molecule has 0 unspecified atom stereocenters. The van der Waals surface area contributed by atoms with Crippen LogP contribution < -0.4 is 0 Å². The second-order valence-electron chi connectivity index (χ2n) is 9.22. The lowest BCUT2D eigenvalue weighted by Gasteiger charge is -1.97. The third kappa shape index (κ3) is 7.87. The standard InChI is InChI=1S/C39H20F2O2/c40-37-26-32(18-22-34(37)20-14-28-4-2-1-3-5-28)12-10-29-6-8-30(9-7-29)15-21-35-23-19-33(27-38(35)41)13-11-31-16-24-36(25-17-31)39(42)43/h1-9,16-19,22-27H,(H,42,43). The first-order valence-electron chi connectivity index (χ1n) is 13.1. The predicted molar refractivity (Wildman–Crippen MR) is 163 cm³/mol. The maximum Gasteiger partial charge on any atom is 0.335 e. The molecule has 0 amide bonds. The van der Waals surface area contributed by atoms with Crippen molar-refractivity contribution in [2.45, 2.75) is 0 Å². The van der Waals surface area contributed by atoms with Crippen LogP contribution in [0.4, 0.5) is 8.78 Å². The quantitative estimate of drug-likeness (QED) is 0.220. The fourth-order valence-corrected chi connectivity index (χ4v) is 3.81. The summed E-state index contributed by atoms with van der Waals surface area (Å²) in [4.78, 5) is 11.0. The Bertz CT molecular complexity index is 2060. The van der Waals surface area contributed by atoms with Crippen LogP contribution >= 0.6 is 0 Å². The van der Waals surface area contributed by atoms with Crippen LogP contribution in [-0.2, 0) is 0 Å². The second kappa shape index (κ2) is 13.4. The number of aromatic carboxylic acids is 1. The van der Waals surface area contributed by atoms with Crippen molar-refractivity contribution in [3.63, 3.8) is 0 Å². The van der Waals surface area contributed by atoms with E-state index in [0.717, 1.165) is 11.1 Å². The van der Waals surface area contributed by atoms with Crippen molar-refractivity contribution in [1.29, 1.82) is 0 Å². The molecule has 0 heterocycles. The number of benzene rings is 5. The van der Waals surface area contributed by atoms with Crippen LogP contribution in [0.2, 0.25) is 0 Å². The van der Waals surface area contributed by atoms with E-state index in [9.17, 15) is 13.6 Å². The number of carboxylic acids is 1. The van der Waals surface area contributed by atoms with E-state index in [1.165, 1.54) is 24.3 Å². The highest BCUT2D eigenvalue weighted by atomic mass is 19.1. The zero-order chi connectivity index (χ0) is 30.0. The maximum absolute atomic E-state index is 14.6. The molecule has 4 heteroatoms. The minimum Gasteiger partial charge on any atom is -0.478 e. The Morgan fingerprint density at radius 3 is 1.21 bits per heavy atom. The second-order valence-corrected chi connectivity index (χ2v) is 9.22. The fourth-order valence-electron chi connectivity index (χ4n) is 3.81. The van der Waals surface area contributed by atoms with Crippen LogP contribution in [0.25, 0.3) is 0 Å². The maximum atomic E-state index is 14.6. The summed E-state index contributed by atoms with van der Waals surface area (Å²) in [7, 11) is 0. The summed E-state index contributed by atoms with van der Waals surface area (Å²) < 4.78 is 29.1. The van der Waals surface area contributed by atoms with E-state index >= 15 is 0 Å². The van der Waals surface area contributed by atoms with Gasteiger partial charge in [-0.15, -0.1) is 0 Å². The van der Waals surface area contributed by atoms with E-state index in [0.29, 0.717) is 27.8 Å². The normalized spacial score (nSPS) is 9.53. The highest BCUT2D eigenvalue weighted by Gasteiger charge is 2.02. The van der Waals surface area contributed by atoms with Crippen molar-refractivity contribution < 1.29 is 18.7 Å². The number of carboxylic acid groups (broad SMARTS) is 1. The molecule has 0 saturated heterocycles. The third-order valence-corrected chi connectivity index (χ3v) is 6.11. The molecule has 5 aromatic carbocycles. The summed E-state index contributed by atoms with van der Waals surface area (Å²) in [6.45, 7) is 0. The number of rotatable bonds is 1. The molecule has 0 aliphatic rings. The van der Waals surface area contributed by atoms with Crippen molar-refractivity contribution in [3.05, 3.63) is 177 Å². The van der Waals surface area contributed by atoms with Crippen LogP contribution in [0.1, 0.15) is 54.9 Å². The van der Waals surface area contributed by atoms with Crippen molar-refractivity contribution in [2.75, 3.05) is 0 Å². The van der Waals surface area contributed by atoms with Crippen molar-refractivity contribution in [2.24, 2.45) is 0 Å². The zero-order valence-corrected chi connectivity index (χ0v) is 22.6. The van der Waals surface area contributed by atoms with Crippen LogP contribution in [0.5, 0.6) is 0 Å². The Balaban J connectivity index is 1.22. The van der Waals surface area contributed by atoms with Crippen LogP contribution in [0, 0.1) is 59.0 Å². The van der Waals surface area contributed by atoms with E-state index in [-0.39, 0.29) is 11.1 Å². The molecule has 0 bridgehead atoms. The SMILES string of the molecule is O=C(O)c1ccc(C#Cc2ccc(C#Cc3ccc(C#Cc4ccc(C#Cc5ccccc5)c(F)c4)cc3)c(F)c2)cc1. The van der Waals surface area contributed by atoms with Gasteiger partial charge in [0.2, 0.25) is 0 Å². The molecule has 0 radical (unpaired) electrons. The molecule has 0 aromatic heterocycles. The van der Waals surface area contributed by atoms with Gasteiger partial charge in [-0.25, -0.2) is 13.6 Å². The molecule has 0 aliphatic carbocycles. The summed E-state index contributed by atoms with van der Waals surface area (Å²) in [5.41, 5.74) is 4.57.